The first-order valence-corrected chi connectivity index (χ1v) is 6.93. The quantitative estimate of drug-likeness (QED) is 0.595. The average molecular weight is 333 g/mol. The van der Waals surface area contributed by atoms with Gasteiger partial charge >= 0.3 is 11.9 Å². The lowest BCUT2D eigenvalue weighted by Crippen LogP contribution is -2.42. The van der Waals surface area contributed by atoms with Crippen molar-refractivity contribution in [1.82, 2.24) is 5.32 Å². The van der Waals surface area contributed by atoms with Gasteiger partial charge in [0.25, 0.3) is 5.91 Å². The number of carboxylic acids is 2. The molecule has 126 valence electrons. The van der Waals surface area contributed by atoms with Crippen molar-refractivity contribution in [1.29, 1.82) is 0 Å². The monoisotopic (exact) mass is 333 g/mol. The Morgan fingerprint density at radius 1 is 1.17 bits per heavy atom. The van der Waals surface area contributed by atoms with Crippen LogP contribution in [0.3, 0.4) is 0 Å². The molecule has 0 aliphatic heterocycles. The van der Waals surface area contributed by atoms with Crippen LogP contribution in [0.4, 0.5) is 0 Å². The predicted octanol–water partition coefficient (Wildman–Crippen LogP) is 0.715. The van der Waals surface area contributed by atoms with E-state index in [0.29, 0.717) is 0 Å². The molecule has 1 amide bonds. The van der Waals surface area contributed by atoms with Crippen molar-refractivity contribution < 1.29 is 34.5 Å². The van der Waals surface area contributed by atoms with Gasteiger partial charge in [-0.1, -0.05) is 6.07 Å². The fourth-order valence-corrected chi connectivity index (χ4v) is 2.53. The topological polar surface area (TPSA) is 141 Å². The lowest BCUT2D eigenvalue weighted by atomic mass is 9.70. The number of ketones is 1. The van der Waals surface area contributed by atoms with E-state index < -0.39 is 46.9 Å². The van der Waals surface area contributed by atoms with Crippen LogP contribution in [0.2, 0.25) is 0 Å². The molecule has 24 heavy (non-hydrogen) atoms. The lowest BCUT2D eigenvalue weighted by Gasteiger charge is -2.32. The zero-order valence-electron chi connectivity index (χ0n) is 12.9. The summed E-state index contributed by atoms with van der Waals surface area (Å²) in [6.45, 7) is 2.29. The number of Topliss-reactive ketones (excluding diaryl/α,β-unsaturated/α-hetero) is 1. The van der Waals surface area contributed by atoms with Crippen molar-refractivity contribution >= 4 is 29.4 Å². The van der Waals surface area contributed by atoms with Crippen LogP contribution in [-0.2, 0) is 19.8 Å². The second-order valence-electron chi connectivity index (χ2n) is 5.82. The standard InChI is InChI=1S/C16H15NO7/c1-16(2)9-5-7(15(23)24)3-4-8(9)12(20)11(13(16)21)14(22)17-6-10(18)19/h3-5,20H,6H2,1-2H3,(H,17,22)(H,18,19)(H,23,24). The molecule has 1 aromatic rings. The van der Waals surface area contributed by atoms with Crippen molar-refractivity contribution in [3.63, 3.8) is 0 Å². The number of hydrogen-bond acceptors (Lipinski definition) is 5. The summed E-state index contributed by atoms with van der Waals surface area (Å²) in [4.78, 5) is 46.3. The molecular formula is C16H15NO7. The Morgan fingerprint density at radius 2 is 1.79 bits per heavy atom. The van der Waals surface area contributed by atoms with Crippen LogP contribution in [-0.4, -0.2) is 45.5 Å². The first kappa shape index (κ1) is 17.2. The van der Waals surface area contributed by atoms with Gasteiger partial charge < -0.3 is 20.6 Å². The van der Waals surface area contributed by atoms with Gasteiger partial charge in [0.1, 0.15) is 17.9 Å². The van der Waals surface area contributed by atoms with Crippen molar-refractivity contribution in [2.75, 3.05) is 6.54 Å². The van der Waals surface area contributed by atoms with Gasteiger partial charge in [-0.2, -0.15) is 0 Å². The van der Waals surface area contributed by atoms with Gasteiger partial charge in [-0.3, -0.25) is 14.4 Å². The Bertz CT molecular complexity index is 805. The van der Waals surface area contributed by atoms with E-state index >= 15 is 0 Å². The lowest BCUT2D eigenvalue weighted by molar-refractivity contribution is -0.138. The fourth-order valence-electron chi connectivity index (χ4n) is 2.53. The van der Waals surface area contributed by atoms with E-state index in [1.165, 1.54) is 32.0 Å². The molecule has 0 saturated carbocycles. The summed E-state index contributed by atoms with van der Waals surface area (Å²) < 4.78 is 0. The largest absolute Gasteiger partial charge is 0.506 e. The minimum Gasteiger partial charge on any atom is -0.506 e. The van der Waals surface area contributed by atoms with Gasteiger partial charge in [0.2, 0.25) is 0 Å². The zero-order chi connectivity index (χ0) is 18.2. The Morgan fingerprint density at radius 3 is 2.33 bits per heavy atom. The van der Waals surface area contributed by atoms with Gasteiger partial charge in [-0.05, 0) is 31.5 Å². The van der Waals surface area contributed by atoms with Gasteiger partial charge in [0.05, 0.1) is 11.0 Å². The molecule has 1 aliphatic rings. The third-order valence-corrected chi connectivity index (χ3v) is 3.85. The number of rotatable bonds is 4. The zero-order valence-corrected chi connectivity index (χ0v) is 12.9. The van der Waals surface area contributed by atoms with E-state index in [0.717, 1.165) is 0 Å². The predicted molar refractivity (Wildman–Crippen MR) is 81.6 cm³/mol. The maximum atomic E-state index is 12.6. The smallest absolute Gasteiger partial charge is 0.335 e. The summed E-state index contributed by atoms with van der Waals surface area (Å²) in [5.74, 6) is -4.81. The number of carboxylic acid groups (broad SMARTS) is 2. The van der Waals surface area contributed by atoms with E-state index in [2.05, 4.69) is 0 Å². The van der Waals surface area contributed by atoms with Gasteiger partial charge in [-0.25, -0.2) is 4.79 Å². The Hall–Kier alpha value is -3.16. The SMILES string of the molecule is CC1(C)C(=O)C(C(=O)NCC(=O)O)=C(O)c2ccc(C(=O)O)cc21. The fraction of sp³-hybridized carbons (Fsp3) is 0.250. The summed E-state index contributed by atoms with van der Waals surface area (Å²) in [6, 6.07) is 3.83. The molecule has 0 atom stereocenters. The number of hydrogen-bond donors (Lipinski definition) is 4. The summed E-state index contributed by atoms with van der Waals surface area (Å²) in [7, 11) is 0. The Labute approximate surface area is 136 Å². The van der Waals surface area contributed by atoms with E-state index in [9.17, 15) is 24.3 Å². The molecule has 0 spiro atoms. The van der Waals surface area contributed by atoms with Crippen LogP contribution in [0.5, 0.6) is 0 Å². The summed E-state index contributed by atoms with van der Waals surface area (Å²) in [5, 5.41) is 30.0. The molecule has 2 rings (SSSR count). The maximum absolute atomic E-state index is 12.6. The number of aromatic carboxylic acids is 1. The second kappa shape index (κ2) is 5.80. The number of aliphatic hydroxyl groups is 1. The molecule has 1 aromatic carbocycles. The summed E-state index contributed by atoms with van der Waals surface area (Å²) in [5.41, 5.74) is -1.43. The molecule has 1 aliphatic carbocycles. The number of benzene rings is 1. The third kappa shape index (κ3) is 2.73. The van der Waals surface area contributed by atoms with Gasteiger partial charge in [0, 0.05) is 5.56 Å². The molecule has 8 heteroatoms. The normalized spacial score (nSPS) is 15.7. The number of aliphatic hydroxyl groups excluding tert-OH is 1. The molecule has 8 nitrogen and oxygen atoms in total. The highest BCUT2D eigenvalue weighted by Gasteiger charge is 2.43. The number of carbonyl (C=O) groups is 4. The average Bonchev–Trinajstić information content (AvgIpc) is 2.51. The minimum absolute atomic E-state index is 0.0544. The van der Waals surface area contributed by atoms with Gasteiger partial charge in [-0.15, -0.1) is 0 Å². The van der Waals surface area contributed by atoms with Crippen LogP contribution in [0.1, 0.15) is 35.3 Å². The molecule has 0 bridgehead atoms. The second-order valence-corrected chi connectivity index (χ2v) is 5.82. The van der Waals surface area contributed by atoms with Gasteiger partial charge in [0.15, 0.2) is 5.78 Å². The van der Waals surface area contributed by atoms with Crippen LogP contribution < -0.4 is 5.32 Å². The number of fused-ring (bicyclic) bond motifs is 1. The highest BCUT2D eigenvalue weighted by atomic mass is 16.4. The number of nitrogens with one attached hydrogen (secondary N) is 1. The number of amides is 1. The number of carbonyl (C=O) groups excluding carboxylic acids is 2. The van der Waals surface area contributed by atoms with Crippen molar-refractivity contribution in [2.24, 2.45) is 0 Å². The summed E-state index contributed by atoms with van der Waals surface area (Å²) >= 11 is 0. The van der Waals surface area contributed by atoms with E-state index in [-0.39, 0.29) is 16.7 Å². The van der Waals surface area contributed by atoms with Crippen molar-refractivity contribution in [2.45, 2.75) is 19.3 Å². The van der Waals surface area contributed by atoms with Crippen molar-refractivity contribution in [3.05, 3.63) is 40.5 Å². The molecule has 0 saturated heterocycles. The summed E-state index contributed by atoms with van der Waals surface area (Å²) in [6.07, 6.45) is 0. The van der Waals surface area contributed by atoms with E-state index in [4.69, 9.17) is 10.2 Å². The van der Waals surface area contributed by atoms with Crippen LogP contribution >= 0.6 is 0 Å². The molecule has 0 fully saturated rings. The first-order chi connectivity index (χ1) is 11.1. The molecule has 4 N–H and O–H groups in total. The van der Waals surface area contributed by atoms with Crippen LogP contribution in [0.25, 0.3) is 5.76 Å². The van der Waals surface area contributed by atoms with Crippen LogP contribution in [0, 0.1) is 0 Å². The minimum atomic E-state index is -1.29. The molecule has 0 unspecified atom stereocenters. The molecule has 0 heterocycles. The van der Waals surface area contributed by atoms with Crippen molar-refractivity contribution in [3.8, 4) is 0 Å². The Kier molecular flexibility index (Phi) is 4.16. The maximum Gasteiger partial charge on any atom is 0.335 e. The van der Waals surface area contributed by atoms with E-state index in [1.54, 1.807) is 0 Å². The molecule has 0 aromatic heterocycles. The first-order valence-electron chi connectivity index (χ1n) is 6.93. The Balaban J connectivity index is 2.60. The molecular weight excluding hydrogens is 318 g/mol. The number of aliphatic carboxylic acids is 1. The third-order valence-electron chi connectivity index (χ3n) is 3.85. The molecule has 0 radical (unpaired) electrons. The van der Waals surface area contributed by atoms with Crippen LogP contribution in [0.15, 0.2) is 23.8 Å². The highest BCUT2D eigenvalue weighted by Crippen LogP contribution is 2.39. The van der Waals surface area contributed by atoms with E-state index in [1.807, 2.05) is 5.32 Å². The highest BCUT2D eigenvalue weighted by molar-refractivity contribution is 6.28.